The number of aromatic carboxylic acids is 1. The van der Waals surface area contributed by atoms with Gasteiger partial charge < -0.3 is 19.8 Å². The van der Waals surface area contributed by atoms with Gasteiger partial charge in [-0.15, -0.1) is 0 Å². The zero-order valence-corrected chi connectivity index (χ0v) is 26.2. The SMILES string of the molecule is CN(C)c1cc[n+](-c2cc(C(=O)O)c(-[n+]3ccc(N(C)C)cc3)c(-[n+]3ccc(N(C)C)cc3)c2Sc2ccccc2)cc1. The van der Waals surface area contributed by atoms with Crippen LogP contribution in [0.5, 0.6) is 0 Å². The molecule has 0 saturated heterocycles. The van der Waals surface area contributed by atoms with Crippen LogP contribution in [0.25, 0.3) is 17.1 Å². The highest BCUT2D eigenvalue weighted by Crippen LogP contribution is 2.37. The van der Waals surface area contributed by atoms with E-state index in [1.165, 1.54) is 0 Å². The summed E-state index contributed by atoms with van der Waals surface area (Å²) < 4.78 is 5.91. The predicted molar refractivity (Wildman–Crippen MR) is 172 cm³/mol. The molecule has 0 fully saturated rings. The normalized spacial score (nSPS) is 10.8. The van der Waals surface area contributed by atoms with Crippen molar-refractivity contribution in [1.82, 2.24) is 0 Å². The number of carboxylic acids is 1. The second-order valence-corrected chi connectivity index (χ2v) is 11.8. The Labute approximate surface area is 257 Å². The van der Waals surface area contributed by atoms with E-state index in [2.05, 4.69) is 12.1 Å². The Balaban J connectivity index is 1.88. The Morgan fingerprint density at radius 3 is 1.44 bits per heavy atom. The number of anilines is 3. The summed E-state index contributed by atoms with van der Waals surface area (Å²) >= 11 is 1.61. The molecule has 0 spiro atoms. The molecule has 5 rings (SSSR count). The van der Waals surface area contributed by atoms with Gasteiger partial charge in [0.1, 0.15) is 5.56 Å². The van der Waals surface area contributed by atoms with Crippen molar-refractivity contribution in [3.63, 3.8) is 0 Å². The van der Waals surface area contributed by atoms with Crippen LogP contribution in [0.15, 0.2) is 120 Å². The molecular formula is C34H37N6O2S+3. The lowest BCUT2D eigenvalue weighted by molar-refractivity contribution is -0.637. The first-order valence-electron chi connectivity index (χ1n) is 13.9. The van der Waals surface area contributed by atoms with Crippen LogP contribution in [0.2, 0.25) is 0 Å². The minimum absolute atomic E-state index is 0.193. The highest BCUT2D eigenvalue weighted by Gasteiger charge is 2.38. The van der Waals surface area contributed by atoms with Crippen molar-refractivity contribution in [3.8, 4) is 17.1 Å². The number of carbonyl (C=O) groups is 1. The molecule has 5 aromatic rings. The fraction of sp³-hybridized carbons (Fsp3) is 0.176. The molecule has 3 aromatic heterocycles. The molecule has 0 atom stereocenters. The lowest BCUT2D eigenvalue weighted by Gasteiger charge is -2.14. The summed E-state index contributed by atoms with van der Waals surface area (Å²) in [4.78, 5) is 21.1. The van der Waals surface area contributed by atoms with E-state index in [0.29, 0.717) is 5.69 Å². The van der Waals surface area contributed by atoms with Gasteiger partial charge in [-0.2, -0.15) is 13.7 Å². The molecule has 0 aliphatic heterocycles. The Kier molecular flexibility index (Phi) is 8.63. The van der Waals surface area contributed by atoms with Crippen molar-refractivity contribution in [2.75, 3.05) is 57.0 Å². The molecule has 0 saturated carbocycles. The quantitative estimate of drug-likeness (QED) is 0.253. The number of hydrogen-bond acceptors (Lipinski definition) is 5. The van der Waals surface area contributed by atoms with Crippen molar-refractivity contribution in [1.29, 1.82) is 0 Å². The van der Waals surface area contributed by atoms with Crippen molar-refractivity contribution in [2.45, 2.75) is 9.79 Å². The molecule has 43 heavy (non-hydrogen) atoms. The van der Waals surface area contributed by atoms with Gasteiger partial charge in [-0.3, -0.25) is 0 Å². The summed E-state index contributed by atoms with van der Waals surface area (Å²) in [7, 11) is 12.0. The van der Waals surface area contributed by atoms with Gasteiger partial charge in [0.15, 0.2) is 42.1 Å². The average molecular weight is 594 g/mol. The molecule has 9 heteroatoms. The van der Waals surface area contributed by atoms with Gasteiger partial charge in [0.2, 0.25) is 5.69 Å². The van der Waals surface area contributed by atoms with Crippen LogP contribution in [-0.4, -0.2) is 53.4 Å². The lowest BCUT2D eigenvalue weighted by Crippen LogP contribution is -2.43. The van der Waals surface area contributed by atoms with E-state index < -0.39 is 5.97 Å². The van der Waals surface area contributed by atoms with Gasteiger partial charge in [0.05, 0.1) is 0 Å². The van der Waals surface area contributed by atoms with Gasteiger partial charge in [0.25, 0.3) is 5.69 Å². The van der Waals surface area contributed by atoms with E-state index in [1.807, 2.05) is 162 Å². The van der Waals surface area contributed by atoms with E-state index in [9.17, 15) is 9.90 Å². The minimum atomic E-state index is -1.01. The van der Waals surface area contributed by atoms with Crippen LogP contribution in [0.1, 0.15) is 10.4 Å². The standard InChI is InChI=1S/C34H36N6O2S/c1-35(2)25-12-18-38(19-13-25)30-24-29(34(41)42)31(39-20-14-26(15-21-39)36(3)4)32(33(30)43-28-10-8-7-9-11-28)40-22-16-27(17-23-40)37(5)6/h7-24H,1-6H3/q+2/p+1. The summed E-state index contributed by atoms with van der Waals surface area (Å²) in [5, 5.41) is 10.7. The number of pyridine rings is 3. The summed E-state index contributed by atoms with van der Waals surface area (Å²) in [5.74, 6) is -1.01. The van der Waals surface area contributed by atoms with Crippen molar-refractivity contribution in [2.24, 2.45) is 0 Å². The van der Waals surface area contributed by atoms with E-state index >= 15 is 0 Å². The molecule has 0 bridgehead atoms. The maximum Gasteiger partial charge on any atom is 0.343 e. The van der Waals surface area contributed by atoms with Crippen LogP contribution in [-0.2, 0) is 0 Å². The van der Waals surface area contributed by atoms with Crippen LogP contribution < -0.4 is 28.4 Å². The first-order valence-corrected chi connectivity index (χ1v) is 14.7. The van der Waals surface area contributed by atoms with Crippen molar-refractivity contribution >= 4 is 34.8 Å². The Hall–Kier alpha value is -4.89. The first kappa shape index (κ1) is 29.6. The minimum Gasteiger partial charge on any atom is -0.477 e. The first-order chi connectivity index (χ1) is 20.6. The molecule has 0 aliphatic carbocycles. The fourth-order valence-electron chi connectivity index (χ4n) is 4.80. The van der Waals surface area contributed by atoms with Crippen LogP contribution in [0.3, 0.4) is 0 Å². The summed E-state index contributed by atoms with van der Waals surface area (Å²) in [6.07, 6.45) is 11.8. The highest BCUT2D eigenvalue weighted by molar-refractivity contribution is 7.99. The van der Waals surface area contributed by atoms with Gasteiger partial charge in [0, 0.05) is 107 Å². The maximum absolute atomic E-state index is 13.0. The Bertz CT molecular complexity index is 1720. The largest absolute Gasteiger partial charge is 0.477 e. The Morgan fingerprint density at radius 2 is 1.02 bits per heavy atom. The van der Waals surface area contributed by atoms with Crippen LogP contribution >= 0.6 is 11.8 Å². The van der Waals surface area contributed by atoms with Gasteiger partial charge in [-0.1, -0.05) is 30.0 Å². The zero-order valence-electron chi connectivity index (χ0n) is 25.3. The molecular weight excluding hydrogens is 556 g/mol. The summed E-state index contributed by atoms with van der Waals surface area (Å²) in [5.41, 5.74) is 5.41. The number of aromatic nitrogens is 3. The van der Waals surface area contributed by atoms with E-state index in [1.54, 1.807) is 17.8 Å². The lowest BCUT2D eigenvalue weighted by atomic mass is 10.1. The number of nitrogens with zero attached hydrogens (tertiary/aromatic N) is 6. The third kappa shape index (κ3) is 6.32. The smallest absolute Gasteiger partial charge is 0.343 e. The molecule has 1 N–H and O–H groups in total. The van der Waals surface area contributed by atoms with E-state index in [4.69, 9.17) is 0 Å². The number of benzene rings is 2. The monoisotopic (exact) mass is 593 g/mol. The second kappa shape index (κ2) is 12.5. The Morgan fingerprint density at radius 1 is 0.605 bits per heavy atom. The molecule has 3 heterocycles. The van der Waals surface area contributed by atoms with Gasteiger partial charge in [-0.25, -0.2) is 4.79 Å². The third-order valence-corrected chi connectivity index (χ3v) is 8.30. The molecule has 218 valence electrons. The van der Waals surface area contributed by atoms with Crippen LogP contribution in [0, 0.1) is 0 Å². The fourth-order valence-corrected chi connectivity index (χ4v) is 5.90. The zero-order chi connectivity index (χ0) is 30.7. The van der Waals surface area contributed by atoms with Crippen molar-refractivity contribution < 1.29 is 23.6 Å². The van der Waals surface area contributed by atoms with E-state index in [-0.39, 0.29) is 5.56 Å². The van der Waals surface area contributed by atoms with Crippen molar-refractivity contribution in [3.05, 3.63) is 116 Å². The molecule has 8 nitrogen and oxygen atoms in total. The van der Waals surface area contributed by atoms with Crippen LogP contribution in [0.4, 0.5) is 17.1 Å². The summed E-state index contributed by atoms with van der Waals surface area (Å²) in [6.45, 7) is 0. The number of hydrogen-bond donors (Lipinski definition) is 1. The number of rotatable bonds is 9. The highest BCUT2D eigenvalue weighted by atomic mass is 32.2. The predicted octanol–water partition coefficient (Wildman–Crippen LogP) is 4.56. The third-order valence-electron chi connectivity index (χ3n) is 7.18. The maximum atomic E-state index is 13.0. The number of carboxylic acid groups (broad SMARTS) is 1. The molecule has 2 aromatic carbocycles. The molecule has 0 amide bonds. The molecule has 0 radical (unpaired) electrons. The average Bonchev–Trinajstić information content (AvgIpc) is 3.01. The summed E-state index contributed by atoms with van der Waals surface area (Å²) in [6, 6.07) is 24.0. The molecule has 0 unspecified atom stereocenters. The molecule has 0 aliphatic rings. The topological polar surface area (TPSA) is 58.7 Å². The van der Waals surface area contributed by atoms with Gasteiger partial charge >= 0.3 is 11.7 Å². The second-order valence-electron chi connectivity index (χ2n) is 10.8. The van der Waals surface area contributed by atoms with Gasteiger partial charge in [-0.05, 0) is 12.1 Å². The van der Waals surface area contributed by atoms with E-state index in [0.717, 1.165) is 38.2 Å².